The van der Waals surface area contributed by atoms with Crippen LogP contribution in [-0.4, -0.2) is 30.3 Å². The average molecular weight is 306 g/mol. The number of amides is 2. The number of carbonyl (C=O) groups is 2. The normalized spacial score (nSPS) is 15.0. The first-order chi connectivity index (χ1) is 11.1. The summed E-state index contributed by atoms with van der Waals surface area (Å²) in [7, 11) is 1.76. The fourth-order valence-electron chi connectivity index (χ4n) is 2.69. The van der Waals surface area contributed by atoms with E-state index in [-0.39, 0.29) is 11.8 Å². The van der Waals surface area contributed by atoms with E-state index < -0.39 is 0 Å². The largest absolute Gasteiger partial charge is 0.342 e. The van der Waals surface area contributed by atoms with Gasteiger partial charge in [0.1, 0.15) is 0 Å². The van der Waals surface area contributed by atoms with Crippen molar-refractivity contribution in [3.05, 3.63) is 71.3 Å². The molecule has 2 amide bonds. The van der Waals surface area contributed by atoms with Crippen LogP contribution in [-0.2, 0) is 4.79 Å². The van der Waals surface area contributed by atoms with E-state index in [0.29, 0.717) is 12.1 Å². The molecule has 0 saturated carbocycles. The molecule has 3 rings (SSSR count). The highest BCUT2D eigenvalue weighted by Gasteiger charge is 2.26. The number of rotatable bonds is 3. The van der Waals surface area contributed by atoms with Crippen molar-refractivity contribution in [2.75, 3.05) is 13.6 Å². The molecule has 1 aliphatic rings. The minimum atomic E-state index is -0.102. The number of likely N-dealkylation sites (N-methyl/N-ethyl adjacent to an activating group) is 1. The van der Waals surface area contributed by atoms with Gasteiger partial charge in [0.15, 0.2) is 0 Å². The summed E-state index contributed by atoms with van der Waals surface area (Å²) in [6.07, 6.45) is 0. The predicted molar refractivity (Wildman–Crippen MR) is 90.5 cm³/mol. The van der Waals surface area contributed by atoms with Gasteiger partial charge < -0.3 is 10.2 Å². The molecule has 4 heteroatoms. The zero-order valence-corrected chi connectivity index (χ0v) is 13.2. The molecule has 0 bridgehead atoms. The van der Waals surface area contributed by atoms with Crippen molar-refractivity contribution in [2.45, 2.75) is 6.92 Å². The molecule has 0 spiro atoms. The Bertz CT molecular complexity index is 794. The Hall–Kier alpha value is -2.88. The summed E-state index contributed by atoms with van der Waals surface area (Å²) in [6, 6.07) is 17.3. The van der Waals surface area contributed by atoms with E-state index in [9.17, 15) is 9.59 Å². The molecule has 116 valence electrons. The van der Waals surface area contributed by atoms with E-state index in [1.165, 1.54) is 6.92 Å². The minimum Gasteiger partial charge on any atom is -0.342 e. The van der Waals surface area contributed by atoms with E-state index in [0.717, 1.165) is 22.4 Å². The van der Waals surface area contributed by atoms with Crippen LogP contribution in [0.2, 0.25) is 0 Å². The van der Waals surface area contributed by atoms with Gasteiger partial charge in [-0.3, -0.25) is 9.59 Å². The third-order valence-corrected chi connectivity index (χ3v) is 4.04. The van der Waals surface area contributed by atoms with Gasteiger partial charge in [-0.25, -0.2) is 0 Å². The Morgan fingerprint density at radius 2 is 1.61 bits per heavy atom. The molecule has 0 fully saturated rings. The molecular weight excluding hydrogens is 288 g/mol. The van der Waals surface area contributed by atoms with Crippen LogP contribution in [0.3, 0.4) is 0 Å². The zero-order valence-electron chi connectivity index (χ0n) is 13.2. The van der Waals surface area contributed by atoms with E-state index in [1.54, 1.807) is 11.9 Å². The van der Waals surface area contributed by atoms with Gasteiger partial charge >= 0.3 is 0 Å². The number of carbonyl (C=O) groups excluding carboxylic acids is 2. The number of nitrogens with one attached hydrogen (secondary N) is 1. The Kier molecular flexibility index (Phi) is 3.98. The second-order valence-corrected chi connectivity index (χ2v) is 5.59. The van der Waals surface area contributed by atoms with Crippen molar-refractivity contribution >= 4 is 23.1 Å². The molecular formula is C19H18N2O2. The second-order valence-electron chi connectivity index (χ2n) is 5.59. The highest BCUT2D eigenvalue weighted by atomic mass is 16.2. The number of nitrogens with zero attached hydrogens (tertiary/aromatic N) is 1. The van der Waals surface area contributed by atoms with Gasteiger partial charge in [-0.15, -0.1) is 0 Å². The first kappa shape index (κ1) is 15.0. The van der Waals surface area contributed by atoms with Crippen LogP contribution in [0.1, 0.15) is 28.4 Å². The van der Waals surface area contributed by atoms with E-state index in [1.807, 2.05) is 54.6 Å². The van der Waals surface area contributed by atoms with Crippen molar-refractivity contribution in [2.24, 2.45) is 0 Å². The highest BCUT2D eigenvalue weighted by molar-refractivity contribution is 6.14. The Labute approximate surface area is 135 Å². The minimum absolute atomic E-state index is 0.0170. The number of benzene rings is 2. The molecule has 23 heavy (non-hydrogen) atoms. The molecule has 4 nitrogen and oxygen atoms in total. The van der Waals surface area contributed by atoms with Gasteiger partial charge in [-0.1, -0.05) is 48.5 Å². The summed E-state index contributed by atoms with van der Waals surface area (Å²) in [6.45, 7) is 1.97. The van der Waals surface area contributed by atoms with Crippen molar-refractivity contribution in [3.8, 4) is 0 Å². The van der Waals surface area contributed by atoms with Crippen molar-refractivity contribution in [1.29, 1.82) is 0 Å². The van der Waals surface area contributed by atoms with Crippen LogP contribution in [0.25, 0.3) is 11.3 Å². The van der Waals surface area contributed by atoms with E-state index in [4.69, 9.17) is 0 Å². The third kappa shape index (κ3) is 2.88. The maximum Gasteiger partial charge on any atom is 0.256 e. The monoisotopic (exact) mass is 306 g/mol. The van der Waals surface area contributed by atoms with Crippen LogP contribution in [0, 0.1) is 0 Å². The molecule has 1 aliphatic heterocycles. The van der Waals surface area contributed by atoms with Gasteiger partial charge in [0.05, 0.1) is 5.70 Å². The molecule has 2 aromatic carbocycles. The SMILES string of the molecule is CC(=O)N(C)C/C(=C1\NC(=O)c2ccccc21)c1ccccc1. The Morgan fingerprint density at radius 3 is 2.26 bits per heavy atom. The van der Waals surface area contributed by atoms with Crippen LogP contribution >= 0.6 is 0 Å². The lowest BCUT2D eigenvalue weighted by Gasteiger charge is -2.20. The molecule has 0 aromatic heterocycles. The number of fused-ring (bicyclic) bond motifs is 1. The van der Waals surface area contributed by atoms with Gasteiger partial charge in [0, 0.05) is 37.2 Å². The first-order valence-electron chi connectivity index (χ1n) is 7.49. The summed E-state index contributed by atoms with van der Waals surface area (Å²) in [4.78, 5) is 25.5. The molecule has 2 aromatic rings. The topological polar surface area (TPSA) is 49.4 Å². The summed E-state index contributed by atoms with van der Waals surface area (Å²) >= 11 is 0. The van der Waals surface area contributed by atoms with Crippen molar-refractivity contribution < 1.29 is 9.59 Å². The smallest absolute Gasteiger partial charge is 0.256 e. The lowest BCUT2D eigenvalue weighted by atomic mass is 9.98. The third-order valence-electron chi connectivity index (χ3n) is 4.04. The molecule has 0 aliphatic carbocycles. The molecule has 0 saturated heterocycles. The van der Waals surface area contributed by atoms with Gasteiger partial charge in [-0.05, 0) is 11.6 Å². The number of hydrogen-bond acceptors (Lipinski definition) is 2. The summed E-state index contributed by atoms with van der Waals surface area (Å²) in [5.74, 6) is -0.119. The lowest BCUT2D eigenvalue weighted by molar-refractivity contribution is -0.126. The van der Waals surface area contributed by atoms with Gasteiger partial charge in [-0.2, -0.15) is 0 Å². The van der Waals surface area contributed by atoms with Crippen LogP contribution in [0.5, 0.6) is 0 Å². The van der Waals surface area contributed by atoms with Crippen LogP contribution in [0.15, 0.2) is 54.6 Å². The van der Waals surface area contributed by atoms with Crippen molar-refractivity contribution in [3.63, 3.8) is 0 Å². The van der Waals surface area contributed by atoms with E-state index in [2.05, 4.69) is 5.32 Å². The average Bonchev–Trinajstić information content (AvgIpc) is 2.90. The highest BCUT2D eigenvalue weighted by Crippen LogP contribution is 2.31. The standard InChI is InChI=1S/C19H18N2O2/c1-13(22)21(2)12-17(14-8-4-3-5-9-14)18-15-10-6-7-11-16(15)19(23)20-18/h3-11H,12H2,1-2H3,(H,20,23)/b18-17+. The maximum absolute atomic E-state index is 12.2. The quantitative estimate of drug-likeness (QED) is 0.948. The summed E-state index contributed by atoms with van der Waals surface area (Å²) < 4.78 is 0. The molecule has 0 atom stereocenters. The first-order valence-corrected chi connectivity index (χ1v) is 7.49. The van der Waals surface area contributed by atoms with Crippen LogP contribution < -0.4 is 5.32 Å². The second kappa shape index (κ2) is 6.08. The molecule has 0 unspecified atom stereocenters. The molecule has 0 radical (unpaired) electrons. The zero-order chi connectivity index (χ0) is 16.4. The van der Waals surface area contributed by atoms with Crippen molar-refractivity contribution in [1.82, 2.24) is 10.2 Å². The predicted octanol–water partition coefficient (Wildman–Crippen LogP) is 2.78. The fraction of sp³-hybridized carbons (Fsp3) is 0.158. The fourth-order valence-corrected chi connectivity index (χ4v) is 2.69. The van der Waals surface area contributed by atoms with E-state index >= 15 is 0 Å². The van der Waals surface area contributed by atoms with Gasteiger partial charge in [0.2, 0.25) is 5.91 Å². The molecule has 1 heterocycles. The van der Waals surface area contributed by atoms with Crippen LogP contribution in [0.4, 0.5) is 0 Å². The van der Waals surface area contributed by atoms with Gasteiger partial charge in [0.25, 0.3) is 5.91 Å². The Morgan fingerprint density at radius 1 is 1.00 bits per heavy atom. The maximum atomic E-state index is 12.2. The Balaban J connectivity index is 2.16. The summed E-state index contributed by atoms with van der Waals surface area (Å²) in [5, 5.41) is 2.96. The lowest BCUT2D eigenvalue weighted by Crippen LogP contribution is -2.27. The number of hydrogen-bond donors (Lipinski definition) is 1. The summed E-state index contributed by atoms with van der Waals surface area (Å²) in [5.41, 5.74) is 4.26. The molecule has 1 N–H and O–H groups in total.